The summed E-state index contributed by atoms with van der Waals surface area (Å²) in [4.78, 5) is 15.7. The van der Waals surface area contributed by atoms with Crippen LogP contribution in [-0.4, -0.2) is 21.9 Å². The minimum atomic E-state index is -4.47. The number of methoxy groups -OCH3 is 1. The van der Waals surface area contributed by atoms with E-state index in [4.69, 9.17) is 16.3 Å². The SMILES string of the molecule is COc1cc(Cl)ccc1-c1ccc(=O)n(CCc2cncc(C(F)(F)F)c2)n1. The third kappa shape index (κ3) is 4.51. The lowest BCUT2D eigenvalue weighted by molar-refractivity contribution is -0.137. The Labute approximate surface area is 163 Å². The number of hydrogen-bond donors (Lipinski definition) is 0. The molecule has 0 aliphatic carbocycles. The molecule has 146 valence electrons. The average molecular weight is 410 g/mol. The van der Waals surface area contributed by atoms with Gasteiger partial charge in [-0.15, -0.1) is 0 Å². The van der Waals surface area contributed by atoms with Crippen molar-refractivity contribution in [1.82, 2.24) is 14.8 Å². The number of aryl methyl sites for hydroxylation is 2. The first-order valence-corrected chi connectivity index (χ1v) is 8.59. The predicted molar refractivity (Wildman–Crippen MR) is 98.4 cm³/mol. The summed E-state index contributed by atoms with van der Waals surface area (Å²) in [6.07, 6.45) is -2.19. The van der Waals surface area contributed by atoms with Gasteiger partial charge in [0.2, 0.25) is 0 Å². The second kappa shape index (κ2) is 8.02. The Morgan fingerprint density at radius 2 is 1.93 bits per heavy atom. The maximum absolute atomic E-state index is 12.8. The largest absolute Gasteiger partial charge is 0.496 e. The van der Waals surface area contributed by atoms with Gasteiger partial charge in [0, 0.05) is 35.6 Å². The summed E-state index contributed by atoms with van der Waals surface area (Å²) >= 11 is 5.96. The molecule has 0 saturated carbocycles. The minimum absolute atomic E-state index is 0.103. The van der Waals surface area contributed by atoms with Crippen molar-refractivity contribution in [3.05, 3.63) is 75.3 Å². The molecule has 2 heterocycles. The molecule has 3 aromatic rings. The second-order valence-corrected chi connectivity index (χ2v) is 6.39. The Balaban J connectivity index is 1.87. The molecule has 0 radical (unpaired) electrons. The van der Waals surface area contributed by atoms with E-state index in [-0.39, 0.29) is 18.5 Å². The van der Waals surface area contributed by atoms with Crippen molar-refractivity contribution in [3.63, 3.8) is 0 Å². The van der Waals surface area contributed by atoms with E-state index in [0.29, 0.717) is 27.6 Å². The Morgan fingerprint density at radius 1 is 1.14 bits per heavy atom. The Morgan fingerprint density at radius 3 is 2.64 bits per heavy atom. The van der Waals surface area contributed by atoms with Crippen LogP contribution in [0, 0.1) is 0 Å². The highest BCUT2D eigenvalue weighted by Crippen LogP contribution is 2.31. The van der Waals surface area contributed by atoms with E-state index in [0.717, 1.165) is 12.3 Å². The molecule has 0 bridgehead atoms. The molecule has 5 nitrogen and oxygen atoms in total. The van der Waals surface area contributed by atoms with Gasteiger partial charge in [0.15, 0.2) is 0 Å². The Hall–Kier alpha value is -2.87. The van der Waals surface area contributed by atoms with Crippen LogP contribution >= 0.6 is 11.6 Å². The molecule has 2 aromatic heterocycles. The van der Waals surface area contributed by atoms with Gasteiger partial charge in [0.25, 0.3) is 5.56 Å². The first kappa shape index (κ1) is 19.9. The van der Waals surface area contributed by atoms with E-state index in [1.54, 1.807) is 24.3 Å². The zero-order valence-corrected chi connectivity index (χ0v) is 15.5. The summed E-state index contributed by atoms with van der Waals surface area (Å²) in [7, 11) is 1.49. The number of benzene rings is 1. The molecule has 28 heavy (non-hydrogen) atoms. The summed E-state index contributed by atoms with van der Waals surface area (Å²) in [5.41, 5.74) is 0.288. The number of alkyl halides is 3. The van der Waals surface area contributed by atoms with Crippen molar-refractivity contribution < 1.29 is 17.9 Å². The van der Waals surface area contributed by atoms with E-state index >= 15 is 0 Å². The first-order valence-electron chi connectivity index (χ1n) is 8.21. The quantitative estimate of drug-likeness (QED) is 0.633. The molecule has 0 saturated heterocycles. The fraction of sp³-hybridized carbons (Fsp3) is 0.211. The normalized spacial score (nSPS) is 11.5. The van der Waals surface area contributed by atoms with Crippen molar-refractivity contribution in [3.8, 4) is 17.0 Å². The van der Waals surface area contributed by atoms with Crippen LogP contribution < -0.4 is 10.3 Å². The van der Waals surface area contributed by atoms with Crippen molar-refractivity contribution in [1.29, 1.82) is 0 Å². The lowest BCUT2D eigenvalue weighted by Gasteiger charge is -2.11. The number of rotatable bonds is 5. The summed E-state index contributed by atoms with van der Waals surface area (Å²) < 4.78 is 44.9. The molecular weight excluding hydrogens is 395 g/mol. The number of ether oxygens (including phenoxy) is 1. The van der Waals surface area contributed by atoms with Crippen molar-refractivity contribution >= 4 is 11.6 Å². The lowest BCUT2D eigenvalue weighted by atomic mass is 10.1. The van der Waals surface area contributed by atoms with Crippen LogP contribution in [0.15, 0.2) is 53.6 Å². The maximum atomic E-state index is 12.8. The molecule has 0 aliphatic rings. The van der Waals surface area contributed by atoms with Gasteiger partial charge < -0.3 is 4.74 Å². The highest BCUT2D eigenvalue weighted by atomic mass is 35.5. The van der Waals surface area contributed by atoms with Crippen LogP contribution in [0.4, 0.5) is 13.2 Å². The van der Waals surface area contributed by atoms with Crippen molar-refractivity contribution in [2.24, 2.45) is 0 Å². The molecular formula is C19H15ClF3N3O2. The average Bonchev–Trinajstić information content (AvgIpc) is 2.67. The van der Waals surface area contributed by atoms with Gasteiger partial charge in [-0.3, -0.25) is 9.78 Å². The van der Waals surface area contributed by atoms with Gasteiger partial charge in [0.05, 0.1) is 18.4 Å². The number of aromatic nitrogens is 3. The molecule has 0 fully saturated rings. The van der Waals surface area contributed by atoms with E-state index in [1.165, 1.54) is 24.1 Å². The summed E-state index contributed by atoms with van der Waals surface area (Å²) in [5.74, 6) is 0.493. The number of nitrogens with zero attached hydrogens (tertiary/aromatic N) is 3. The van der Waals surface area contributed by atoms with Crippen LogP contribution in [-0.2, 0) is 19.1 Å². The fourth-order valence-corrected chi connectivity index (χ4v) is 2.81. The van der Waals surface area contributed by atoms with Crippen molar-refractivity contribution in [2.45, 2.75) is 19.1 Å². The fourth-order valence-electron chi connectivity index (χ4n) is 2.64. The Bertz CT molecular complexity index is 1050. The van der Waals surface area contributed by atoms with Crippen molar-refractivity contribution in [2.75, 3.05) is 7.11 Å². The molecule has 0 N–H and O–H groups in total. The molecule has 0 atom stereocenters. The van der Waals surface area contributed by atoms with Gasteiger partial charge in [-0.1, -0.05) is 11.6 Å². The summed E-state index contributed by atoms with van der Waals surface area (Å²) in [6.45, 7) is 0.103. The topological polar surface area (TPSA) is 57.0 Å². The molecule has 3 rings (SSSR count). The zero-order valence-electron chi connectivity index (χ0n) is 14.7. The van der Waals surface area contributed by atoms with Crippen LogP contribution in [0.25, 0.3) is 11.3 Å². The predicted octanol–water partition coefficient (Wildman–Crippen LogP) is 4.23. The standard InChI is InChI=1S/C19H15ClF3N3O2/c1-28-17-9-14(20)2-3-15(17)16-4-5-18(27)26(25-16)7-6-12-8-13(11-24-10-12)19(21,22)23/h2-5,8-11H,6-7H2,1H3. The zero-order chi connectivity index (χ0) is 20.3. The van der Waals surface area contributed by atoms with Crippen LogP contribution in [0.5, 0.6) is 5.75 Å². The third-order valence-corrected chi connectivity index (χ3v) is 4.28. The van der Waals surface area contributed by atoms with Gasteiger partial charge in [-0.25, -0.2) is 4.68 Å². The maximum Gasteiger partial charge on any atom is 0.417 e. The van der Waals surface area contributed by atoms with Crippen LogP contribution in [0.3, 0.4) is 0 Å². The van der Waals surface area contributed by atoms with Gasteiger partial charge in [0.1, 0.15) is 5.75 Å². The summed E-state index contributed by atoms with van der Waals surface area (Å²) in [5, 5.41) is 4.80. The van der Waals surface area contributed by atoms with Gasteiger partial charge >= 0.3 is 6.18 Å². The highest BCUT2D eigenvalue weighted by molar-refractivity contribution is 6.30. The number of halogens is 4. The van der Waals surface area contributed by atoms with E-state index in [9.17, 15) is 18.0 Å². The lowest BCUT2D eigenvalue weighted by Crippen LogP contribution is -2.23. The molecule has 0 amide bonds. The van der Waals surface area contributed by atoms with E-state index in [2.05, 4.69) is 10.1 Å². The van der Waals surface area contributed by atoms with Crippen LogP contribution in [0.1, 0.15) is 11.1 Å². The second-order valence-electron chi connectivity index (χ2n) is 5.95. The molecule has 9 heteroatoms. The Kier molecular flexibility index (Phi) is 5.69. The number of hydrogen-bond acceptors (Lipinski definition) is 4. The van der Waals surface area contributed by atoms with E-state index in [1.807, 2.05) is 0 Å². The first-order chi connectivity index (χ1) is 13.3. The minimum Gasteiger partial charge on any atom is -0.496 e. The number of pyridine rings is 1. The third-order valence-electron chi connectivity index (χ3n) is 4.04. The monoisotopic (exact) mass is 409 g/mol. The molecule has 1 aromatic carbocycles. The molecule has 0 unspecified atom stereocenters. The smallest absolute Gasteiger partial charge is 0.417 e. The molecule has 0 spiro atoms. The van der Waals surface area contributed by atoms with Crippen LogP contribution in [0.2, 0.25) is 5.02 Å². The van der Waals surface area contributed by atoms with E-state index < -0.39 is 11.7 Å². The van der Waals surface area contributed by atoms with Gasteiger partial charge in [-0.2, -0.15) is 18.3 Å². The summed E-state index contributed by atoms with van der Waals surface area (Å²) in [6, 6.07) is 8.93. The highest BCUT2D eigenvalue weighted by Gasteiger charge is 2.30. The van der Waals surface area contributed by atoms with Gasteiger partial charge in [-0.05, 0) is 42.3 Å². The molecule has 0 aliphatic heterocycles.